The van der Waals surface area contributed by atoms with Crippen molar-refractivity contribution in [3.05, 3.63) is 29.8 Å². The van der Waals surface area contributed by atoms with Crippen molar-refractivity contribution < 1.29 is 14.1 Å². The summed E-state index contributed by atoms with van der Waals surface area (Å²) in [6, 6.07) is 7.23. The van der Waals surface area contributed by atoms with E-state index in [1.165, 1.54) is 0 Å². The molecule has 2 atom stereocenters. The van der Waals surface area contributed by atoms with E-state index in [1.54, 1.807) is 4.90 Å². The normalized spacial score (nSPS) is 20.0. The molecule has 1 aliphatic heterocycles. The quantitative estimate of drug-likeness (QED) is 0.896. The average molecular weight is 324 g/mol. The lowest BCUT2D eigenvalue weighted by molar-refractivity contribution is 0.176. The zero-order valence-electron chi connectivity index (χ0n) is 13.3. The lowest BCUT2D eigenvalue weighted by atomic mass is 10.2. The number of nitrogens with one attached hydrogen (secondary N) is 1. The minimum atomic E-state index is -0.972. The van der Waals surface area contributed by atoms with Crippen LogP contribution in [0.2, 0.25) is 0 Å². The number of anilines is 1. The fourth-order valence-corrected chi connectivity index (χ4v) is 3.15. The molecule has 0 saturated carbocycles. The van der Waals surface area contributed by atoms with Crippen LogP contribution in [0.15, 0.2) is 24.3 Å². The number of hydrogen-bond donors (Lipinski definition) is 2. The molecule has 5 nitrogen and oxygen atoms in total. The highest BCUT2D eigenvalue weighted by atomic mass is 32.2. The molecule has 1 unspecified atom stereocenters. The second-order valence-electron chi connectivity index (χ2n) is 6.62. The molecule has 1 aromatic carbocycles. The molecule has 1 fully saturated rings. The standard InChI is InChI=1S/C16H24N2O3S/c1-16(2,3)22(21)11-12-5-4-6-13(9-12)17-15(20)18-8-7-14(19)10-18/h4-6,9,14,19H,7-8,10-11H2,1-3H3,(H,17,20)/t14-,22?/m1/s1. The summed E-state index contributed by atoms with van der Waals surface area (Å²) in [6.45, 7) is 6.80. The molecule has 1 saturated heterocycles. The number of aliphatic hydroxyl groups excluding tert-OH is 1. The van der Waals surface area contributed by atoms with Crippen molar-refractivity contribution >= 4 is 22.5 Å². The highest BCUT2D eigenvalue weighted by Gasteiger charge is 2.24. The van der Waals surface area contributed by atoms with Crippen molar-refractivity contribution in [2.75, 3.05) is 18.4 Å². The largest absolute Gasteiger partial charge is 0.391 e. The Kier molecular flexibility index (Phi) is 5.24. The first-order valence-corrected chi connectivity index (χ1v) is 8.79. The van der Waals surface area contributed by atoms with Crippen LogP contribution in [0.1, 0.15) is 32.8 Å². The predicted molar refractivity (Wildman–Crippen MR) is 89.3 cm³/mol. The van der Waals surface area contributed by atoms with Crippen LogP contribution in [-0.4, -0.2) is 44.2 Å². The second-order valence-corrected chi connectivity index (χ2v) is 8.83. The third-order valence-electron chi connectivity index (χ3n) is 3.61. The van der Waals surface area contributed by atoms with Crippen LogP contribution in [-0.2, 0) is 16.6 Å². The maximum Gasteiger partial charge on any atom is 0.321 e. The molecule has 0 aliphatic carbocycles. The van der Waals surface area contributed by atoms with Crippen LogP contribution in [0.4, 0.5) is 10.5 Å². The summed E-state index contributed by atoms with van der Waals surface area (Å²) in [6.07, 6.45) is 0.198. The summed E-state index contributed by atoms with van der Waals surface area (Å²) in [4.78, 5) is 13.7. The third kappa shape index (κ3) is 4.55. The lowest BCUT2D eigenvalue weighted by Gasteiger charge is -2.19. The maximum atomic E-state index is 12.2. The number of β-amino-alcohol motifs (C(OH)–C–C–N with tert-alkyl or cyclic N) is 1. The first-order valence-electron chi connectivity index (χ1n) is 7.47. The van der Waals surface area contributed by atoms with E-state index < -0.39 is 16.9 Å². The summed E-state index contributed by atoms with van der Waals surface area (Å²) < 4.78 is 11.9. The predicted octanol–water partition coefficient (Wildman–Crippen LogP) is 2.33. The number of amides is 2. The van der Waals surface area contributed by atoms with Crippen LogP contribution in [0, 0.1) is 0 Å². The van der Waals surface area contributed by atoms with Gasteiger partial charge < -0.3 is 15.3 Å². The molecule has 0 radical (unpaired) electrons. The van der Waals surface area contributed by atoms with Gasteiger partial charge in [0.05, 0.1) is 6.10 Å². The molecule has 1 aromatic rings. The highest BCUT2D eigenvalue weighted by molar-refractivity contribution is 7.85. The molecule has 0 aromatic heterocycles. The van der Waals surface area contributed by atoms with Gasteiger partial charge in [0.15, 0.2) is 0 Å². The molecule has 1 aliphatic rings. The molecule has 22 heavy (non-hydrogen) atoms. The Morgan fingerprint density at radius 3 is 2.77 bits per heavy atom. The molecule has 1 heterocycles. The monoisotopic (exact) mass is 324 g/mol. The van der Waals surface area contributed by atoms with Gasteiger partial charge in [-0.25, -0.2) is 4.79 Å². The van der Waals surface area contributed by atoms with Crippen molar-refractivity contribution in [3.8, 4) is 0 Å². The molecule has 2 amide bonds. The van der Waals surface area contributed by atoms with Gasteiger partial charge in [0.1, 0.15) is 0 Å². The minimum absolute atomic E-state index is 0.203. The van der Waals surface area contributed by atoms with Gasteiger partial charge in [0, 0.05) is 40.1 Å². The van der Waals surface area contributed by atoms with Crippen LogP contribution < -0.4 is 5.32 Å². The first-order chi connectivity index (χ1) is 10.3. The van der Waals surface area contributed by atoms with Gasteiger partial charge in [0.2, 0.25) is 0 Å². The van der Waals surface area contributed by atoms with Crippen LogP contribution >= 0.6 is 0 Å². The first kappa shape index (κ1) is 17.0. The van der Waals surface area contributed by atoms with Crippen molar-refractivity contribution in [3.63, 3.8) is 0 Å². The summed E-state index contributed by atoms with van der Waals surface area (Å²) in [5.74, 6) is 0.468. The number of benzene rings is 1. The van der Waals surface area contributed by atoms with E-state index in [2.05, 4.69) is 5.32 Å². The van der Waals surface area contributed by atoms with Gasteiger partial charge in [-0.15, -0.1) is 0 Å². The fourth-order valence-electron chi connectivity index (χ4n) is 2.24. The molecular weight excluding hydrogens is 300 g/mol. The van der Waals surface area contributed by atoms with Gasteiger partial charge in [-0.2, -0.15) is 0 Å². The smallest absolute Gasteiger partial charge is 0.321 e. The average Bonchev–Trinajstić information content (AvgIpc) is 2.85. The van der Waals surface area contributed by atoms with E-state index in [0.29, 0.717) is 31.0 Å². The van der Waals surface area contributed by atoms with Crippen molar-refractivity contribution in [1.29, 1.82) is 0 Å². The summed E-state index contributed by atoms with van der Waals surface area (Å²) in [7, 11) is -0.972. The SMILES string of the molecule is CC(C)(C)S(=O)Cc1cccc(NC(=O)N2CC[C@@H](O)C2)c1. The number of carbonyl (C=O) groups excluding carboxylic acids is 1. The molecule has 0 spiro atoms. The van der Waals surface area contributed by atoms with Crippen molar-refractivity contribution in [2.24, 2.45) is 0 Å². The molecule has 2 N–H and O–H groups in total. The number of rotatable bonds is 3. The molecule has 0 bridgehead atoms. The van der Waals surface area contributed by atoms with E-state index in [9.17, 15) is 14.1 Å². The van der Waals surface area contributed by atoms with Crippen LogP contribution in [0.3, 0.4) is 0 Å². The van der Waals surface area contributed by atoms with Gasteiger partial charge in [-0.05, 0) is 44.9 Å². The number of likely N-dealkylation sites (tertiary alicyclic amines) is 1. The Balaban J connectivity index is 1.99. The zero-order valence-corrected chi connectivity index (χ0v) is 14.2. The summed E-state index contributed by atoms with van der Waals surface area (Å²) in [5, 5.41) is 12.3. The van der Waals surface area contributed by atoms with Crippen LogP contribution in [0.5, 0.6) is 0 Å². The summed E-state index contributed by atoms with van der Waals surface area (Å²) >= 11 is 0. The maximum absolute atomic E-state index is 12.2. The van der Waals surface area contributed by atoms with Gasteiger partial charge in [0.25, 0.3) is 0 Å². The number of hydrogen-bond acceptors (Lipinski definition) is 3. The number of urea groups is 1. The zero-order chi connectivity index (χ0) is 16.3. The molecule has 122 valence electrons. The number of carbonyl (C=O) groups is 1. The number of aliphatic hydroxyl groups is 1. The lowest BCUT2D eigenvalue weighted by Crippen LogP contribution is -2.33. The van der Waals surface area contributed by atoms with E-state index in [4.69, 9.17) is 0 Å². The van der Waals surface area contributed by atoms with Crippen molar-refractivity contribution in [2.45, 2.75) is 43.8 Å². The van der Waals surface area contributed by atoms with Crippen LogP contribution in [0.25, 0.3) is 0 Å². The van der Waals surface area contributed by atoms with Gasteiger partial charge in [-0.3, -0.25) is 4.21 Å². The molecule has 6 heteroatoms. The van der Waals surface area contributed by atoms with Gasteiger partial charge >= 0.3 is 6.03 Å². The Bertz CT molecular complexity index is 569. The van der Waals surface area contributed by atoms with Crippen molar-refractivity contribution in [1.82, 2.24) is 4.90 Å². The van der Waals surface area contributed by atoms with E-state index >= 15 is 0 Å². The Hall–Kier alpha value is -1.40. The fraction of sp³-hybridized carbons (Fsp3) is 0.562. The highest BCUT2D eigenvalue weighted by Crippen LogP contribution is 2.19. The topological polar surface area (TPSA) is 69.6 Å². The molecular formula is C16H24N2O3S. The van der Waals surface area contributed by atoms with E-state index in [0.717, 1.165) is 5.56 Å². The Morgan fingerprint density at radius 2 is 2.18 bits per heavy atom. The second kappa shape index (κ2) is 6.79. The third-order valence-corrected chi connectivity index (χ3v) is 5.57. The summed E-state index contributed by atoms with van der Waals surface area (Å²) in [5.41, 5.74) is 1.63. The van der Waals surface area contributed by atoms with E-state index in [1.807, 2.05) is 45.0 Å². The Labute approximate surface area is 134 Å². The number of nitrogens with zero attached hydrogens (tertiary/aromatic N) is 1. The minimum Gasteiger partial charge on any atom is -0.391 e. The van der Waals surface area contributed by atoms with Gasteiger partial charge in [-0.1, -0.05) is 12.1 Å². The Morgan fingerprint density at radius 1 is 1.45 bits per heavy atom. The molecule has 2 rings (SSSR count). The van der Waals surface area contributed by atoms with E-state index in [-0.39, 0.29) is 10.8 Å².